The summed E-state index contributed by atoms with van der Waals surface area (Å²) in [6.07, 6.45) is 1.27. The van der Waals surface area contributed by atoms with Crippen LogP contribution in [0.5, 0.6) is 0 Å². The fourth-order valence-corrected chi connectivity index (χ4v) is 13.3. The zero-order chi connectivity index (χ0) is 33.1. The van der Waals surface area contributed by atoms with Crippen molar-refractivity contribution in [2.75, 3.05) is 0 Å². The van der Waals surface area contributed by atoms with E-state index in [1.54, 1.807) is 0 Å². The van der Waals surface area contributed by atoms with Gasteiger partial charge in [0.15, 0.2) is 0 Å². The summed E-state index contributed by atoms with van der Waals surface area (Å²) in [5, 5.41) is 16.8. The van der Waals surface area contributed by atoms with E-state index >= 15 is 0 Å². The van der Waals surface area contributed by atoms with E-state index in [0.717, 1.165) is 42.5 Å². The zero-order valence-corrected chi connectivity index (χ0v) is 29.4. The second-order valence-corrected chi connectivity index (χ2v) is 18.1. The summed E-state index contributed by atoms with van der Waals surface area (Å²) in [5.41, 5.74) is 1.54. The molecule has 6 heteroatoms. The minimum atomic E-state index is -3.05. The van der Waals surface area contributed by atoms with Crippen LogP contribution >= 0.6 is 0 Å². The molecule has 0 atom stereocenters. The van der Waals surface area contributed by atoms with Crippen LogP contribution in [-0.4, -0.2) is 28.1 Å². The molecule has 0 radical (unpaired) electrons. The topological polar surface area (TPSA) is 43.2 Å². The molecule has 0 aliphatic carbocycles. The quantitative estimate of drug-likeness (QED) is 0.0672. The van der Waals surface area contributed by atoms with Gasteiger partial charge in [-0.25, -0.2) is 0 Å². The summed E-state index contributed by atoms with van der Waals surface area (Å²) in [5.74, 6) is 0. The Hall–Kier alpha value is -5.31. The molecule has 4 nitrogen and oxygen atoms in total. The molecule has 0 saturated heterocycles. The molecule has 0 fully saturated rings. The average Bonchev–Trinajstić information content (AvgIpc) is 3.18. The molecule has 0 spiro atoms. The summed E-state index contributed by atoms with van der Waals surface area (Å²) >= 11 is 0. The van der Waals surface area contributed by atoms with Crippen molar-refractivity contribution in [1.82, 2.24) is 0 Å². The third-order valence-corrected chi connectivity index (χ3v) is 16.3. The van der Waals surface area contributed by atoms with Gasteiger partial charge in [0.2, 0.25) is 0 Å². The number of oxime groups is 2. The third kappa shape index (κ3) is 6.58. The van der Waals surface area contributed by atoms with Crippen molar-refractivity contribution in [1.29, 1.82) is 0 Å². The molecule has 0 bridgehead atoms. The summed E-state index contributed by atoms with van der Waals surface area (Å²) in [6, 6.07) is 63.0. The predicted octanol–water partition coefficient (Wildman–Crippen LogP) is 5.89. The van der Waals surface area contributed by atoms with Crippen molar-refractivity contribution in [3.8, 4) is 0 Å². The maximum atomic E-state index is 7.01. The second-order valence-electron chi connectivity index (χ2n) is 11.5. The van der Waals surface area contributed by atoms with Gasteiger partial charge in [-0.3, -0.25) is 0 Å². The molecular formula is C42H40N2O2Si2. The fraction of sp³-hybridized carbons (Fsp3) is 0.0952. The molecule has 0 heterocycles. The lowest BCUT2D eigenvalue weighted by molar-refractivity contribution is 0.342. The van der Waals surface area contributed by atoms with Crippen molar-refractivity contribution in [3.05, 3.63) is 182 Å². The normalized spacial score (nSPS) is 12.4. The molecule has 6 aromatic carbocycles. The van der Waals surface area contributed by atoms with E-state index < -0.39 is 16.6 Å². The van der Waals surface area contributed by atoms with E-state index in [0.29, 0.717) is 12.8 Å². The SMILES string of the molecule is CCC(=NO[Si](c1ccccc1)(c1ccccc1)c1ccccc1)C(CC)=NO[Si](c1ccccc1)(c1ccccc1)c1ccccc1. The van der Waals surface area contributed by atoms with Gasteiger partial charge in [0.25, 0.3) is 0 Å². The van der Waals surface area contributed by atoms with Crippen LogP contribution in [0, 0.1) is 0 Å². The highest BCUT2D eigenvalue weighted by Gasteiger charge is 2.46. The Morgan fingerprint density at radius 3 is 0.708 bits per heavy atom. The number of rotatable bonds is 13. The summed E-state index contributed by atoms with van der Waals surface area (Å²) in [7, 11) is -6.11. The monoisotopic (exact) mass is 660 g/mol. The third-order valence-electron chi connectivity index (χ3n) is 8.67. The van der Waals surface area contributed by atoms with Crippen LogP contribution in [0.25, 0.3) is 0 Å². The molecule has 0 aromatic heterocycles. The Labute approximate surface area is 286 Å². The van der Waals surface area contributed by atoms with Crippen LogP contribution in [0.15, 0.2) is 192 Å². The lowest BCUT2D eigenvalue weighted by atomic mass is 10.1. The zero-order valence-electron chi connectivity index (χ0n) is 27.4. The molecular weight excluding hydrogens is 621 g/mol. The van der Waals surface area contributed by atoms with Gasteiger partial charge in [-0.1, -0.05) is 196 Å². The number of nitrogens with zero attached hydrogens (tertiary/aromatic N) is 2. The highest BCUT2D eigenvalue weighted by atomic mass is 28.4. The number of benzene rings is 6. The van der Waals surface area contributed by atoms with Gasteiger partial charge < -0.3 is 9.05 Å². The highest BCUT2D eigenvalue weighted by Crippen LogP contribution is 2.14. The van der Waals surface area contributed by atoms with Crippen molar-refractivity contribution < 1.29 is 9.05 Å². The van der Waals surface area contributed by atoms with Crippen LogP contribution in [-0.2, 0) is 9.05 Å². The van der Waals surface area contributed by atoms with Crippen molar-refractivity contribution in [3.63, 3.8) is 0 Å². The van der Waals surface area contributed by atoms with Crippen molar-refractivity contribution in [2.24, 2.45) is 10.3 Å². The molecule has 0 saturated carbocycles. The first-order valence-electron chi connectivity index (χ1n) is 16.6. The van der Waals surface area contributed by atoms with Gasteiger partial charge in [0.05, 0.1) is 0 Å². The van der Waals surface area contributed by atoms with Gasteiger partial charge in [-0.15, -0.1) is 10.3 Å². The first kappa shape index (κ1) is 32.6. The molecule has 0 aliphatic heterocycles. The molecule has 0 N–H and O–H groups in total. The van der Waals surface area contributed by atoms with Crippen LogP contribution in [0.1, 0.15) is 26.7 Å². The number of hydrogen-bond acceptors (Lipinski definition) is 4. The summed E-state index contributed by atoms with van der Waals surface area (Å²) in [6.45, 7) is 4.20. The van der Waals surface area contributed by atoms with E-state index in [-0.39, 0.29) is 0 Å². The second kappa shape index (κ2) is 15.5. The number of hydrogen-bond donors (Lipinski definition) is 0. The van der Waals surface area contributed by atoms with Gasteiger partial charge in [-0.2, -0.15) is 0 Å². The van der Waals surface area contributed by atoms with E-state index in [1.165, 1.54) is 0 Å². The molecule has 0 unspecified atom stereocenters. The van der Waals surface area contributed by atoms with Crippen molar-refractivity contribution in [2.45, 2.75) is 26.7 Å². The average molecular weight is 661 g/mol. The first-order chi connectivity index (χ1) is 23.7. The molecule has 0 aliphatic rings. The molecule has 0 amide bonds. The molecule has 6 aromatic rings. The van der Waals surface area contributed by atoms with E-state index in [1.807, 2.05) is 36.4 Å². The van der Waals surface area contributed by atoms with Crippen LogP contribution in [0.4, 0.5) is 0 Å². The predicted molar refractivity (Wildman–Crippen MR) is 206 cm³/mol. The van der Waals surface area contributed by atoms with Crippen LogP contribution in [0.2, 0.25) is 0 Å². The lowest BCUT2D eigenvalue weighted by Gasteiger charge is -2.31. The standard InChI is InChI=1S/C42H40N2O2Si2/c1-3-41(43-45-47(35-23-11-5-12-24-35,36-25-13-6-14-26-36)37-27-15-7-16-28-37)42(4-2)44-46-48(38-29-17-8-18-30-38,39-31-19-9-20-32-39)40-33-21-10-22-34-40/h5-34H,3-4H2,1-2H3. The summed E-state index contributed by atoms with van der Waals surface area (Å²) < 4.78 is 14.0. The maximum absolute atomic E-state index is 7.01. The Balaban J connectivity index is 1.48. The minimum absolute atomic E-state index is 0.634. The van der Waals surface area contributed by atoms with Gasteiger partial charge in [0.1, 0.15) is 11.4 Å². The molecule has 6 rings (SSSR count). The smallest absolute Gasteiger partial charge is 0.380 e. The van der Waals surface area contributed by atoms with E-state index in [2.05, 4.69) is 159 Å². The highest BCUT2D eigenvalue weighted by molar-refractivity contribution is 7.07. The maximum Gasteiger partial charge on any atom is 0.380 e. The van der Waals surface area contributed by atoms with Crippen molar-refractivity contribution >= 4 is 59.2 Å². The molecule has 48 heavy (non-hydrogen) atoms. The van der Waals surface area contributed by atoms with Gasteiger partial charge in [-0.05, 0) is 44.0 Å². The Bertz CT molecular complexity index is 1580. The largest absolute Gasteiger partial charge is 0.438 e. The van der Waals surface area contributed by atoms with E-state index in [4.69, 9.17) is 19.4 Å². The Kier molecular flexibility index (Phi) is 10.6. The van der Waals surface area contributed by atoms with Gasteiger partial charge >= 0.3 is 16.6 Å². The Morgan fingerprint density at radius 2 is 0.542 bits per heavy atom. The van der Waals surface area contributed by atoms with Crippen LogP contribution < -0.4 is 31.1 Å². The lowest BCUT2D eigenvalue weighted by Crippen LogP contribution is -2.68. The summed E-state index contributed by atoms with van der Waals surface area (Å²) in [4.78, 5) is 0. The fourth-order valence-electron chi connectivity index (χ4n) is 6.24. The van der Waals surface area contributed by atoms with Crippen LogP contribution in [0.3, 0.4) is 0 Å². The van der Waals surface area contributed by atoms with E-state index in [9.17, 15) is 0 Å². The minimum Gasteiger partial charge on any atom is -0.438 e. The first-order valence-corrected chi connectivity index (χ1v) is 20.4. The van der Waals surface area contributed by atoms with Gasteiger partial charge in [0, 0.05) is 0 Å². The Morgan fingerprint density at radius 1 is 0.354 bits per heavy atom. The molecule has 238 valence electrons.